The Balaban J connectivity index is 1.30. The molecule has 1 fully saturated rings. The minimum Gasteiger partial charge on any atom is -0.310 e. The average Bonchev–Trinajstić information content (AvgIpc) is 3.21. The van der Waals surface area contributed by atoms with Gasteiger partial charge in [-0.3, -0.25) is 4.79 Å². The third kappa shape index (κ3) is 4.12. The van der Waals surface area contributed by atoms with Gasteiger partial charge in [-0.1, -0.05) is 6.07 Å². The topological polar surface area (TPSA) is 125 Å². The van der Waals surface area contributed by atoms with Crippen LogP contribution in [0, 0.1) is 0 Å². The third-order valence-electron chi connectivity index (χ3n) is 6.33. The number of aryl methyl sites for hydroxylation is 1. The standard InChI is InChI=1S/C24H23N7O3S/c1-35(33,34)20-10-9-16(12-19(20)30-13-18(25-14-30)15-7-8-15)24(32)27-21-5-2-4-17(26-21)23-29-28-22-6-3-11-31(22)23/h2,4-5,9-10,12-15H,3,6-8,11H2,1H3,(H,26,27,32). The van der Waals surface area contributed by atoms with Gasteiger partial charge in [0.25, 0.3) is 5.91 Å². The van der Waals surface area contributed by atoms with Gasteiger partial charge in [-0.05, 0) is 49.6 Å². The van der Waals surface area contributed by atoms with Gasteiger partial charge in [0.15, 0.2) is 15.7 Å². The highest BCUT2D eigenvalue weighted by atomic mass is 32.2. The summed E-state index contributed by atoms with van der Waals surface area (Å²) >= 11 is 0. The molecule has 0 radical (unpaired) electrons. The molecule has 1 N–H and O–H groups in total. The molecular formula is C24H23N7O3S. The second kappa shape index (κ2) is 8.12. The largest absolute Gasteiger partial charge is 0.310 e. The molecule has 6 rings (SSSR count). The first-order valence-electron chi connectivity index (χ1n) is 11.5. The molecule has 3 aromatic heterocycles. The summed E-state index contributed by atoms with van der Waals surface area (Å²) < 4.78 is 28.6. The number of nitrogens with one attached hydrogen (secondary N) is 1. The Labute approximate surface area is 202 Å². The smallest absolute Gasteiger partial charge is 0.256 e. The molecule has 2 aliphatic rings. The van der Waals surface area contributed by atoms with E-state index >= 15 is 0 Å². The summed E-state index contributed by atoms with van der Waals surface area (Å²) in [5, 5.41) is 11.3. The van der Waals surface area contributed by atoms with Gasteiger partial charge >= 0.3 is 0 Å². The highest BCUT2D eigenvalue weighted by molar-refractivity contribution is 7.90. The minimum absolute atomic E-state index is 0.134. The molecule has 1 aromatic carbocycles. The second-order valence-electron chi connectivity index (χ2n) is 8.99. The number of benzene rings is 1. The monoisotopic (exact) mass is 489 g/mol. The van der Waals surface area contributed by atoms with E-state index in [1.165, 1.54) is 12.1 Å². The number of aromatic nitrogens is 6. The Morgan fingerprint density at radius 3 is 2.80 bits per heavy atom. The first kappa shape index (κ1) is 21.7. The summed E-state index contributed by atoms with van der Waals surface area (Å²) in [5.74, 6) is 2.02. The number of amides is 1. The number of carbonyl (C=O) groups is 1. The van der Waals surface area contributed by atoms with Crippen LogP contribution in [-0.2, 0) is 22.8 Å². The number of hydrogen-bond acceptors (Lipinski definition) is 7. The number of fused-ring (bicyclic) bond motifs is 1. The number of sulfone groups is 1. The van der Waals surface area contributed by atoms with Crippen LogP contribution in [0.25, 0.3) is 17.2 Å². The Morgan fingerprint density at radius 1 is 1.14 bits per heavy atom. The summed E-state index contributed by atoms with van der Waals surface area (Å²) in [6.45, 7) is 0.849. The van der Waals surface area contributed by atoms with Crippen molar-refractivity contribution >= 4 is 21.6 Å². The molecule has 0 bridgehead atoms. The molecule has 4 aromatic rings. The van der Waals surface area contributed by atoms with Crippen LogP contribution < -0.4 is 5.32 Å². The van der Waals surface area contributed by atoms with Crippen LogP contribution in [0.15, 0.2) is 53.8 Å². The maximum absolute atomic E-state index is 13.1. The van der Waals surface area contributed by atoms with Crippen molar-refractivity contribution in [3.8, 4) is 17.2 Å². The fourth-order valence-electron chi connectivity index (χ4n) is 4.39. The Bertz CT molecular complexity index is 1570. The van der Waals surface area contributed by atoms with Gasteiger partial charge in [-0.25, -0.2) is 18.4 Å². The van der Waals surface area contributed by atoms with Gasteiger partial charge in [0.1, 0.15) is 17.3 Å². The molecule has 0 unspecified atom stereocenters. The Kier molecular flexibility index (Phi) is 5.03. The molecule has 1 amide bonds. The van der Waals surface area contributed by atoms with Crippen molar-refractivity contribution in [3.05, 3.63) is 66.0 Å². The molecule has 4 heterocycles. The fourth-order valence-corrected chi connectivity index (χ4v) is 5.25. The quantitative estimate of drug-likeness (QED) is 0.441. The van der Waals surface area contributed by atoms with Crippen molar-refractivity contribution in [2.24, 2.45) is 0 Å². The number of pyridine rings is 1. The van der Waals surface area contributed by atoms with Gasteiger partial charge in [0.2, 0.25) is 0 Å². The van der Waals surface area contributed by atoms with Gasteiger partial charge in [-0.15, -0.1) is 10.2 Å². The second-order valence-corrected chi connectivity index (χ2v) is 11.0. The molecule has 0 saturated heterocycles. The molecular weight excluding hydrogens is 466 g/mol. The van der Waals surface area contributed by atoms with Crippen molar-refractivity contribution in [3.63, 3.8) is 0 Å². The highest BCUT2D eigenvalue weighted by Crippen LogP contribution is 2.39. The van der Waals surface area contributed by atoms with E-state index in [2.05, 4.69) is 25.5 Å². The van der Waals surface area contributed by atoms with E-state index in [-0.39, 0.29) is 4.90 Å². The van der Waals surface area contributed by atoms with Gasteiger partial charge < -0.3 is 14.5 Å². The third-order valence-corrected chi connectivity index (χ3v) is 7.47. The van der Waals surface area contributed by atoms with E-state index < -0.39 is 15.7 Å². The Hall–Kier alpha value is -3.86. The summed E-state index contributed by atoms with van der Waals surface area (Å²) in [7, 11) is -3.52. The molecule has 35 heavy (non-hydrogen) atoms. The van der Waals surface area contributed by atoms with Gasteiger partial charge in [-0.2, -0.15) is 0 Å². The van der Waals surface area contributed by atoms with Crippen LogP contribution in [0.3, 0.4) is 0 Å². The van der Waals surface area contributed by atoms with E-state index in [0.29, 0.717) is 34.5 Å². The maximum atomic E-state index is 13.1. The molecule has 1 aliphatic heterocycles. The van der Waals surface area contributed by atoms with Crippen LogP contribution in [0.1, 0.15) is 47.1 Å². The van der Waals surface area contributed by atoms with Crippen LogP contribution in [0.5, 0.6) is 0 Å². The predicted octanol–water partition coefficient (Wildman–Crippen LogP) is 3.01. The fraction of sp³-hybridized carbons (Fsp3) is 0.292. The van der Waals surface area contributed by atoms with E-state index in [0.717, 1.165) is 50.0 Å². The van der Waals surface area contributed by atoms with Crippen LogP contribution in [0.4, 0.5) is 5.82 Å². The number of carbonyl (C=O) groups excluding carboxylic acids is 1. The first-order valence-corrected chi connectivity index (χ1v) is 13.4. The van der Waals surface area contributed by atoms with Crippen LogP contribution in [0.2, 0.25) is 0 Å². The molecule has 0 atom stereocenters. The maximum Gasteiger partial charge on any atom is 0.256 e. The van der Waals surface area contributed by atoms with Crippen molar-refractivity contribution in [2.75, 3.05) is 11.6 Å². The van der Waals surface area contributed by atoms with E-state index in [1.54, 1.807) is 29.1 Å². The highest BCUT2D eigenvalue weighted by Gasteiger charge is 2.27. The van der Waals surface area contributed by atoms with Gasteiger partial charge in [0, 0.05) is 36.9 Å². The lowest BCUT2D eigenvalue weighted by molar-refractivity contribution is 0.102. The molecule has 178 valence electrons. The van der Waals surface area contributed by atoms with E-state index in [4.69, 9.17) is 0 Å². The molecule has 11 heteroatoms. The molecule has 1 aliphatic carbocycles. The number of nitrogens with zero attached hydrogens (tertiary/aromatic N) is 6. The Morgan fingerprint density at radius 2 is 2.00 bits per heavy atom. The zero-order chi connectivity index (χ0) is 24.2. The van der Waals surface area contributed by atoms with Crippen LogP contribution >= 0.6 is 0 Å². The van der Waals surface area contributed by atoms with E-state index in [1.807, 2.05) is 16.8 Å². The van der Waals surface area contributed by atoms with Gasteiger partial charge in [0.05, 0.1) is 22.6 Å². The number of imidazole rings is 1. The van der Waals surface area contributed by atoms with Crippen LogP contribution in [-0.4, -0.2) is 49.9 Å². The lowest BCUT2D eigenvalue weighted by atomic mass is 10.2. The van der Waals surface area contributed by atoms with E-state index in [9.17, 15) is 13.2 Å². The first-order chi connectivity index (χ1) is 16.9. The SMILES string of the molecule is CS(=O)(=O)c1ccc(C(=O)Nc2cccc(-c3nnc4n3CCC4)n2)cc1-n1cnc(C2CC2)c1. The summed E-state index contributed by atoms with van der Waals surface area (Å²) in [6, 6.07) is 9.87. The minimum atomic E-state index is -3.52. The molecule has 1 saturated carbocycles. The van der Waals surface area contributed by atoms with Crippen molar-refractivity contribution < 1.29 is 13.2 Å². The molecule has 0 spiro atoms. The summed E-state index contributed by atoms with van der Waals surface area (Å²) in [6.07, 6.45) is 8.69. The zero-order valence-corrected chi connectivity index (χ0v) is 19.9. The number of anilines is 1. The lowest BCUT2D eigenvalue weighted by Crippen LogP contribution is -2.15. The van der Waals surface area contributed by atoms with Crippen molar-refractivity contribution in [2.45, 2.75) is 43.0 Å². The zero-order valence-electron chi connectivity index (χ0n) is 19.0. The normalized spacial score (nSPS) is 15.2. The van der Waals surface area contributed by atoms with Crippen molar-refractivity contribution in [1.29, 1.82) is 0 Å². The summed E-state index contributed by atoms with van der Waals surface area (Å²) in [5.41, 5.74) is 2.26. The number of hydrogen-bond donors (Lipinski definition) is 1. The molecule has 10 nitrogen and oxygen atoms in total. The average molecular weight is 490 g/mol. The predicted molar refractivity (Wildman–Crippen MR) is 128 cm³/mol. The lowest BCUT2D eigenvalue weighted by Gasteiger charge is -2.12. The van der Waals surface area contributed by atoms with Crippen molar-refractivity contribution in [1.82, 2.24) is 29.3 Å². The number of rotatable bonds is 6. The summed E-state index contributed by atoms with van der Waals surface area (Å²) in [4.78, 5) is 22.2.